The van der Waals surface area contributed by atoms with Crippen LogP contribution in [-0.4, -0.2) is 28.7 Å². The molecule has 0 spiro atoms. The molecule has 0 radical (unpaired) electrons. The summed E-state index contributed by atoms with van der Waals surface area (Å²) in [5.41, 5.74) is 2.72. The minimum absolute atomic E-state index is 0.194. The van der Waals surface area contributed by atoms with Crippen molar-refractivity contribution in [2.45, 2.75) is 19.4 Å². The second-order valence-electron chi connectivity index (χ2n) is 7.45. The third kappa shape index (κ3) is 5.81. The summed E-state index contributed by atoms with van der Waals surface area (Å²) in [7, 11) is 0. The van der Waals surface area contributed by atoms with E-state index in [1.807, 2.05) is 36.4 Å². The van der Waals surface area contributed by atoms with Crippen LogP contribution in [0.25, 0.3) is 10.2 Å². The van der Waals surface area contributed by atoms with Gasteiger partial charge in [0.05, 0.1) is 10.2 Å². The van der Waals surface area contributed by atoms with Gasteiger partial charge in [-0.15, -0.1) is 0 Å². The van der Waals surface area contributed by atoms with E-state index in [-0.39, 0.29) is 17.7 Å². The van der Waals surface area contributed by atoms with E-state index < -0.39 is 6.04 Å². The van der Waals surface area contributed by atoms with E-state index >= 15 is 0 Å². The molecule has 8 heteroatoms. The molecule has 4 aromatic rings. The van der Waals surface area contributed by atoms with E-state index in [1.54, 1.807) is 42.5 Å². The lowest BCUT2D eigenvalue weighted by molar-refractivity contribution is -0.118. The molecule has 1 aromatic heterocycles. The Morgan fingerprint density at radius 1 is 0.909 bits per heavy atom. The molecule has 1 atom stereocenters. The van der Waals surface area contributed by atoms with Crippen LogP contribution in [0.1, 0.15) is 22.8 Å². The SMILES string of the molecule is CC(=O)Nc1nc2ccc(NC(=O)C(Cc3ccccc3)NC(=O)c3ccccc3)cc2s1. The summed E-state index contributed by atoms with van der Waals surface area (Å²) in [6, 6.07) is 22.9. The van der Waals surface area contributed by atoms with Gasteiger partial charge in [0.1, 0.15) is 6.04 Å². The molecule has 7 nitrogen and oxygen atoms in total. The lowest BCUT2D eigenvalue weighted by Crippen LogP contribution is -2.45. The Labute approximate surface area is 194 Å². The Kier molecular flexibility index (Phi) is 6.75. The van der Waals surface area contributed by atoms with Crippen LogP contribution in [0.5, 0.6) is 0 Å². The Morgan fingerprint density at radius 3 is 2.30 bits per heavy atom. The average Bonchev–Trinajstić information content (AvgIpc) is 3.20. The summed E-state index contributed by atoms with van der Waals surface area (Å²) >= 11 is 1.32. The van der Waals surface area contributed by atoms with Gasteiger partial charge in [-0.05, 0) is 35.9 Å². The maximum atomic E-state index is 13.2. The predicted molar refractivity (Wildman–Crippen MR) is 130 cm³/mol. The number of carbonyl (C=O) groups excluding carboxylic acids is 3. The third-order valence-electron chi connectivity index (χ3n) is 4.88. The molecule has 0 saturated heterocycles. The molecular weight excluding hydrogens is 436 g/mol. The maximum absolute atomic E-state index is 13.2. The first-order valence-corrected chi connectivity index (χ1v) is 11.2. The number of rotatable bonds is 7. The van der Waals surface area contributed by atoms with Gasteiger partial charge in [-0.2, -0.15) is 0 Å². The topological polar surface area (TPSA) is 100 Å². The zero-order valence-electron chi connectivity index (χ0n) is 17.9. The second-order valence-corrected chi connectivity index (χ2v) is 8.48. The standard InChI is InChI=1S/C25H22N4O3S/c1-16(30)26-25-29-20-13-12-19(15-22(20)33-25)27-24(32)21(14-17-8-4-2-5-9-17)28-23(31)18-10-6-3-7-11-18/h2-13,15,21H,14H2,1H3,(H,27,32)(H,28,31)(H,26,29,30). The van der Waals surface area contributed by atoms with Crippen LogP contribution in [0.2, 0.25) is 0 Å². The first-order chi connectivity index (χ1) is 16.0. The van der Waals surface area contributed by atoms with Crippen LogP contribution in [0.3, 0.4) is 0 Å². The number of fused-ring (bicyclic) bond motifs is 1. The first-order valence-electron chi connectivity index (χ1n) is 10.4. The molecule has 3 aromatic carbocycles. The van der Waals surface area contributed by atoms with Gasteiger partial charge in [0.25, 0.3) is 5.91 Å². The van der Waals surface area contributed by atoms with Crippen molar-refractivity contribution in [1.29, 1.82) is 0 Å². The maximum Gasteiger partial charge on any atom is 0.251 e. The predicted octanol–water partition coefficient (Wildman–Crippen LogP) is 4.23. The van der Waals surface area contributed by atoms with Crippen molar-refractivity contribution in [2.75, 3.05) is 10.6 Å². The van der Waals surface area contributed by atoms with Gasteiger partial charge in [0.2, 0.25) is 11.8 Å². The summed E-state index contributed by atoms with van der Waals surface area (Å²) < 4.78 is 0.824. The van der Waals surface area contributed by atoms with Crippen LogP contribution in [0.15, 0.2) is 78.9 Å². The quantitative estimate of drug-likeness (QED) is 0.386. The van der Waals surface area contributed by atoms with E-state index in [2.05, 4.69) is 20.9 Å². The van der Waals surface area contributed by atoms with Crippen molar-refractivity contribution in [3.63, 3.8) is 0 Å². The Hall–Kier alpha value is -4.04. The Bertz CT molecular complexity index is 1290. The van der Waals surface area contributed by atoms with Crippen LogP contribution in [0, 0.1) is 0 Å². The fourth-order valence-corrected chi connectivity index (χ4v) is 4.28. The van der Waals surface area contributed by atoms with Gasteiger partial charge in [0, 0.05) is 24.6 Å². The number of hydrogen-bond acceptors (Lipinski definition) is 5. The smallest absolute Gasteiger partial charge is 0.251 e. The normalized spacial score (nSPS) is 11.5. The molecular formula is C25H22N4O3S. The fraction of sp³-hybridized carbons (Fsp3) is 0.120. The average molecular weight is 459 g/mol. The summed E-state index contributed by atoms with van der Waals surface area (Å²) in [6.45, 7) is 1.42. The summed E-state index contributed by atoms with van der Waals surface area (Å²) in [6.07, 6.45) is 0.348. The van der Waals surface area contributed by atoms with Gasteiger partial charge in [0.15, 0.2) is 5.13 Å². The third-order valence-corrected chi connectivity index (χ3v) is 5.81. The van der Waals surface area contributed by atoms with Gasteiger partial charge in [-0.3, -0.25) is 14.4 Å². The van der Waals surface area contributed by atoms with Crippen molar-refractivity contribution in [3.05, 3.63) is 90.0 Å². The van der Waals surface area contributed by atoms with Crippen molar-refractivity contribution in [3.8, 4) is 0 Å². The van der Waals surface area contributed by atoms with E-state index in [0.717, 1.165) is 15.8 Å². The Balaban J connectivity index is 1.53. The molecule has 0 saturated carbocycles. The van der Waals surface area contributed by atoms with Gasteiger partial charge < -0.3 is 16.0 Å². The first kappa shape index (κ1) is 22.2. The number of benzene rings is 3. The molecule has 0 bridgehead atoms. The largest absolute Gasteiger partial charge is 0.340 e. The molecule has 1 heterocycles. The number of nitrogens with one attached hydrogen (secondary N) is 3. The molecule has 4 rings (SSSR count). The number of nitrogens with zero attached hydrogens (tertiary/aromatic N) is 1. The molecule has 3 N–H and O–H groups in total. The molecule has 0 aliphatic carbocycles. The zero-order valence-corrected chi connectivity index (χ0v) is 18.7. The fourth-order valence-electron chi connectivity index (χ4n) is 3.33. The number of anilines is 2. The number of hydrogen-bond donors (Lipinski definition) is 3. The van der Waals surface area contributed by atoms with Crippen LogP contribution < -0.4 is 16.0 Å². The lowest BCUT2D eigenvalue weighted by atomic mass is 10.0. The zero-order chi connectivity index (χ0) is 23.2. The minimum atomic E-state index is -0.771. The number of aromatic nitrogens is 1. The van der Waals surface area contributed by atoms with Crippen molar-refractivity contribution in [2.24, 2.45) is 0 Å². The van der Waals surface area contributed by atoms with Gasteiger partial charge >= 0.3 is 0 Å². The highest BCUT2D eigenvalue weighted by Gasteiger charge is 2.22. The highest BCUT2D eigenvalue weighted by atomic mass is 32.1. The molecule has 0 aliphatic rings. The molecule has 0 fully saturated rings. The summed E-state index contributed by atoms with van der Waals surface area (Å²) in [5.74, 6) is -0.834. The molecule has 33 heavy (non-hydrogen) atoms. The number of amides is 3. The number of carbonyl (C=O) groups is 3. The Morgan fingerprint density at radius 2 is 1.61 bits per heavy atom. The van der Waals surface area contributed by atoms with Crippen molar-refractivity contribution in [1.82, 2.24) is 10.3 Å². The van der Waals surface area contributed by atoms with Crippen molar-refractivity contribution >= 4 is 50.1 Å². The van der Waals surface area contributed by atoms with E-state index in [1.165, 1.54) is 18.3 Å². The molecule has 166 valence electrons. The summed E-state index contributed by atoms with van der Waals surface area (Å²) in [5, 5.41) is 8.92. The van der Waals surface area contributed by atoms with Crippen molar-refractivity contribution < 1.29 is 14.4 Å². The van der Waals surface area contributed by atoms with E-state index in [4.69, 9.17) is 0 Å². The second kappa shape index (κ2) is 10.1. The molecule has 1 unspecified atom stereocenters. The van der Waals surface area contributed by atoms with Crippen LogP contribution in [-0.2, 0) is 16.0 Å². The number of thiazole rings is 1. The summed E-state index contributed by atoms with van der Waals surface area (Å²) in [4.78, 5) is 41.5. The minimum Gasteiger partial charge on any atom is -0.340 e. The van der Waals surface area contributed by atoms with E-state index in [9.17, 15) is 14.4 Å². The van der Waals surface area contributed by atoms with Gasteiger partial charge in [-0.1, -0.05) is 59.9 Å². The van der Waals surface area contributed by atoms with Crippen LogP contribution >= 0.6 is 11.3 Å². The molecule has 0 aliphatic heterocycles. The van der Waals surface area contributed by atoms with Gasteiger partial charge in [-0.25, -0.2) is 4.98 Å². The lowest BCUT2D eigenvalue weighted by Gasteiger charge is -2.19. The van der Waals surface area contributed by atoms with Crippen LogP contribution in [0.4, 0.5) is 10.8 Å². The highest BCUT2D eigenvalue weighted by molar-refractivity contribution is 7.22. The van der Waals surface area contributed by atoms with E-state index in [0.29, 0.717) is 22.8 Å². The molecule has 3 amide bonds. The highest BCUT2D eigenvalue weighted by Crippen LogP contribution is 2.28. The monoisotopic (exact) mass is 458 g/mol.